The van der Waals surface area contributed by atoms with Crippen molar-refractivity contribution in [2.45, 2.75) is 24.3 Å². The Hall–Kier alpha value is -0.950. The molecular weight excluding hydrogens is 244 g/mol. The average molecular weight is 260 g/mol. The molecule has 2 N–H and O–H groups in total. The predicted molar refractivity (Wildman–Crippen MR) is 62.0 cm³/mol. The highest BCUT2D eigenvalue weighted by Crippen LogP contribution is 2.15. The van der Waals surface area contributed by atoms with Gasteiger partial charge < -0.3 is 10.2 Å². The lowest BCUT2D eigenvalue weighted by molar-refractivity contribution is 0.0957. The van der Waals surface area contributed by atoms with Gasteiger partial charge in [-0.3, -0.25) is 4.18 Å². The van der Waals surface area contributed by atoms with Crippen LogP contribution < -0.4 is 0 Å². The third-order valence-electron chi connectivity index (χ3n) is 2.23. The van der Waals surface area contributed by atoms with E-state index >= 15 is 0 Å². The molecule has 0 aromatic heterocycles. The van der Waals surface area contributed by atoms with Crippen molar-refractivity contribution in [3.8, 4) is 0 Å². The van der Waals surface area contributed by atoms with E-state index in [1.807, 2.05) is 6.92 Å². The topological polar surface area (TPSA) is 83.8 Å². The maximum absolute atomic E-state index is 11.8. The number of hydrogen-bond donors (Lipinski definition) is 2. The molecule has 0 fully saturated rings. The van der Waals surface area contributed by atoms with Crippen LogP contribution in [0.1, 0.15) is 12.0 Å². The summed E-state index contributed by atoms with van der Waals surface area (Å²) in [4.78, 5) is 0.0412. The van der Waals surface area contributed by atoms with Gasteiger partial charge in [-0.15, -0.1) is 0 Å². The summed E-state index contributed by atoms with van der Waals surface area (Å²) in [6.45, 7) is 1.15. The lowest BCUT2D eigenvalue weighted by atomic mass is 10.2. The summed E-state index contributed by atoms with van der Waals surface area (Å²) in [5, 5.41) is 17.6. The zero-order chi connectivity index (χ0) is 12.9. The Morgan fingerprint density at radius 1 is 1.24 bits per heavy atom. The molecule has 0 saturated heterocycles. The lowest BCUT2D eigenvalue weighted by Gasteiger charge is -2.13. The normalized spacial score (nSPS) is 13.6. The molecule has 1 rings (SSSR count). The van der Waals surface area contributed by atoms with E-state index in [1.165, 1.54) is 12.1 Å². The smallest absolute Gasteiger partial charge is 0.297 e. The van der Waals surface area contributed by atoms with Gasteiger partial charge in [-0.2, -0.15) is 8.42 Å². The molecule has 0 aliphatic rings. The maximum Gasteiger partial charge on any atom is 0.297 e. The van der Waals surface area contributed by atoms with Crippen molar-refractivity contribution in [3.63, 3.8) is 0 Å². The minimum atomic E-state index is -3.88. The van der Waals surface area contributed by atoms with E-state index in [-0.39, 0.29) is 17.9 Å². The van der Waals surface area contributed by atoms with Crippen molar-refractivity contribution in [3.05, 3.63) is 29.8 Å². The first kappa shape index (κ1) is 14.1. The zero-order valence-electron chi connectivity index (χ0n) is 9.54. The van der Waals surface area contributed by atoms with Gasteiger partial charge in [0.1, 0.15) is 6.10 Å². The van der Waals surface area contributed by atoms with Crippen molar-refractivity contribution >= 4 is 10.1 Å². The van der Waals surface area contributed by atoms with Gasteiger partial charge in [0.05, 0.1) is 11.5 Å². The van der Waals surface area contributed by atoms with Gasteiger partial charge in [0, 0.05) is 13.0 Å². The standard InChI is InChI=1S/C11H16O5S/c1-9-2-4-11(5-3-9)17(14,15)16-10(8-13)6-7-12/h2-5,10,12-13H,6-8H2,1H3. The summed E-state index contributed by atoms with van der Waals surface area (Å²) in [6, 6.07) is 6.21. The van der Waals surface area contributed by atoms with Gasteiger partial charge in [0.15, 0.2) is 0 Å². The molecule has 0 radical (unpaired) electrons. The van der Waals surface area contributed by atoms with Crippen LogP contribution in [0.15, 0.2) is 29.2 Å². The Bertz CT molecular complexity index is 437. The number of benzene rings is 1. The van der Waals surface area contributed by atoms with Crippen LogP contribution >= 0.6 is 0 Å². The lowest BCUT2D eigenvalue weighted by Crippen LogP contribution is -2.23. The molecule has 1 aromatic carbocycles. The fraction of sp³-hybridized carbons (Fsp3) is 0.455. The molecule has 1 aromatic rings. The highest BCUT2D eigenvalue weighted by atomic mass is 32.2. The van der Waals surface area contributed by atoms with E-state index in [0.29, 0.717) is 0 Å². The van der Waals surface area contributed by atoms with Crippen LogP contribution in [-0.2, 0) is 14.3 Å². The first-order valence-corrected chi connectivity index (χ1v) is 6.62. The summed E-state index contributed by atoms with van der Waals surface area (Å²) < 4.78 is 28.4. The summed E-state index contributed by atoms with van der Waals surface area (Å²) in [5.41, 5.74) is 0.943. The predicted octanol–water partition coefficient (Wildman–Crippen LogP) is 0.444. The zero-order valence-corrected chi connectivity index (χ0v) is 10.4. The van der Waals surface area contributed by atoms with E-state index in [2.05, 4.69) is 0 Å². The third kappa shape index (κ3) is 4.08. The van der Waals surface area contributed by atoms with Gasteiger partial charge in [-0.25, -0.2) is 0 Å². The van der Waals surface area contributed by atoms with Crippen molar-refractivity contribution in [2.24, 2.45) is 0 Å². The number of rotatable bonds is 6. The number of aliphatic hydroxyl groups excluding tert-OH is 2. The maximum atomic E-state index is 11.8. The second-order valence-electron chi connectivity index (χ2n) is 3.68. The molecular formula is C11H16O5S. The molecule has 0 aliphatic heterocycles. The van der Waals surface area contributed by atoms with E-state index in [1.54, 1.807) is 12.1 Å². The molecule has 5 nitrogen and oxygen atoms in total. The van der Waals surface area contributed by atoms with Crippen LogP contribution in [0.4, 0.5) is 0 Å². The van der Waals surface area contributed by atoms with E-state index in [4.69, 9.17) is 14.4 Å². The second-order valence-corrected chi connectivity index (χ2v) is 5.25. The monoisotopic (exact) mass is 260 g/mol. The van der Waals surface area contributed by atoms with Crippen LogP contribution in [0, 0.1) is 6.92 Å². The first-order chi connectivity index (χ1) is 7.99. The molecule has 6 heteroatoms. The van der Waals surface area contributed by atoms with Crippen LogP contribution in [0.2, 0.25) is 0 Å². The average Bonchev–Trinajstić information content (AvgIpc) is 2.28. The van der Waals surface area contributed by atoms with E-state index in [9.17, 15) is 8.42 Å². The first-order valence-electron chi connectivity index (χ1n) is 5.21. The Kier molecular flexibility index (Phi) is 5.07. The number of hydrogen-bond acceptors (Lipinski definition) is 5. The molecule has 1 atom stereocenters. The van der Waals surface area contributed by atoms with Crippen LogP contribution in [-0.4, -0.2) is 37.9 Å². The van der Waals surface area contributed by atoms with Crippen LogP contribution in [0.3, 0.4) is 0 Å². The highest BCUT2D eigenvalue weighted by molar-refractivity contribution is 7.86. The van der Waals surface area contributed by atoms with Gasteiger partial charge in [-0.05, 0) is 19.1 Å². The highest BCUT2D eigenvalue weighted by Gasteiger charge is 2.20. The van der Waals surface area contributed by atoms with Crippen molar-refractivity contribution in [1.82, 2.24) is 0 Å². The molecule has 0 saturated carbocycles. The van der Waals surface area contributed by atoms with Crippen LogP contribution in [0.5, 0.6) is 0 Å². The molecule has 0 heterocycles. The molecule has 96 valence electrons. The third-order valence-corrected chi connectivity index (χ3v) is 3.60. The molecule has 0 amide bonds. The fourth-order valence-corrected chi connectivity index (χ4v) is 2.35. The Morgan fingerprint density at radius 2 is 1.82 bits per heavy atom. The second kappa shape index (κ2) is 6.11. The molecule has 1 unspecified atom stereocenters. The van der Waals surface area contributed by atoms with Crippen molar-refractivity contribution in [2.75, 3.05) is 13.2 Å². The quantitative estimate of drug-likeness (QED) is 0.725. The van der Waals surface area contributed by atoms with Gasteiger partial charge in [0.2, 0.25) is 0 Å². The number of aryl methyl sites for hydroxylation is 1. The van der Waals surface area contributed by atoms with Crippen LogP contribution in [0.25, 0.3) is 0 Å². The summed E-state index contributed by atoms with van der Waals surface area (Å²) in [5.74, 6) is 0. The fourth-order valence-electron chi connectivity index (χ4n) is 1.25. The summed E-state index contributed by atoms with van der Waals surface area (Å²) in [6.07, 6.45) is -0.840. The van der Waals surface area contributed by atoms with Gasteiger partial charge in [0.25, 0.3) is 10.1 Å². The van der Waals surface area contributed by atoms with E-state index < -0.39 is 22.8 Å². The van der Waals surface area contributed by atoms with Crippen molar-refractivity contribution in [1.29, 1.82) is 0 Å². The largest absolute Gasteiger partial charge is 0.396 e. The molecule has 0 aliphatic carbocycles. The molecule has 0 bridgehead atoms. The Morgan fingerprint density at radius 3 is 2.29 bits per heavy atom. The SMILES string of the molecule is Cc1ccc(S(=O)(=O)OC(CO)CCO)cc1. The van der Waals surface area contributed by atoms with E-state index in [0.717, 1.165) is 5.56 Å². The summed E-state index contributed by atoms with van der Waals surface area (Å²) in [7, 11) is -3.88. The van der Waals surface area contributed by atoms with Gasteiger partial charge in [-0.1, -0.05) is 17.7 Å². The Balaban J connectivity index is 2.84. The van der Waals surface area contributed by atoms with Crippen molar-refractivity contribution < 1.29 is 22.8 Å². The summed E-state index contributed by atoms with van der Waals surface area (Å²) >= 11 is 0. The number of aliphatic hydroxyl groups is 2. The minimum absolute atomic E-state index is 0.0412. The Labute approximate surface area is 101 Å². The molecule has 17 heavy (non-hydrogen) atoms. The molecule has 0 spiro atoms. The van der Waals surface area contributed by atoms with Gasteiger partial charge >= 0.3 is 0 Å². The minimum Gasteiger partial charge on any atom is -0.396 e.